The maximum atomic E-state index is 12.9. The second kappa shape index (κ2) is 10.1. The van der Waals surface area contributed by atoms with Crippen LogP contribution in [0.5, 0.6) is 11.5 Å². The van der Waals surface area contributed by atoms with Crippen molar-refractivity contribution in [3.8, 4) is 11.5 Å². The summed E-state index contributed by atoms with van der Waals surface area (Å²) in [6.45, 7) is 4.66. The molecular formula is C22H23BrN4O4. The highest BCUT2D eigenvalue weighted by Gasteiger charge is 2.25. The van der Waals surface area contributed by atoms with Crippen molar-refractivity contribution in [2.24, 2.45) is 7.05 Å². The molecule has 2 aromatic carbocycles. The molecule has 0 radical (unpaired) electrons. The molecule has 0 spiro atoms. The summed E-state index contributed by atoms with van der Waals surface area (Å²) >= 11 is 3.36. The highest BCUT2D eigenvalue weighted by molar-refractivity contribution is 9.10. The second-order valence-electron chi connectivity index (χ2n) is 6.40. The number of rotatable bonds is 8. The van der Waals surface area contributed by atoms with E-state index in [4.69, 9.17) is 9.47 Å². The molecule has 0 atom stereocenters. The van der Waals surface area contributed by atoms with Gasteiger partial charge in [0.2, 0.25) is 0 Å². The van der Waals surface area contributed by atoms with Gasteiger partial charge in [-0.25, -0.2) is 0 Å². The summed E-state index contributed by atoms with van der Waals surface area (Å²) < 4.78 is 12.7. The van der Waals surface area contributed by atoms with Crippen LogP contribution < -0.4 is 20.1 Å². The van der Waals surface area contributed by atoms with Crippen LogP contribution in [0.2, 0.25) is 0 Å². The van der Waals surface area contributed by atoms with Crippen LogP contribution in [0.1, 0.15) is 34.8 Å². The number of halogens is 1. The first-order valence-corrected chi connectivity index (χ1v) is 10.5. The van der Waals surface area contributed by atoms with Crippen molar-refractivity contribution >= 4 is 39.1 Å². The van der Waals surface area contributed by atoms with Crippen molar-refractivity contribution in [3.63, 3.8) is 0 Å². The zero-order valence-electron chi connectivity index (χ0n) is 17.4. The number of hydrogen-bond acceptors (Lipinski definition) is 5. The monoisotopic (exact) mass is 486 g/mol. The molecule has 0 aliphatic rings. The molecule has 0 saturated carbocycles. The fourth-order valence-electron chi connectivity index (χ4n) is 2.96. The maximum absolute atomic E-state index is 12.9. The highest BCUT2D eigenvalue weighted by atomic mass is 79.9. The topological polar surface area (TPSA) is 94.5 Å². The third-order valence-corrected chi connectivity index (χ3v) is 5.04. The minimum absolute atomic E-state index is 0.0806. The molecule has 0 fully saturated rings. The van der Waals surface area contributed by atoms with E-state index in [1.165, 1.54) is 4.68 Å². The van der Waals surface area contributed by atoms with Crippen molar-refractivity contribution < 1.29 is 19.1 Å². The molecule has 31 heavy (non-hydrogen) atoms. The Kier molecular flexibility index (Phi) is 7.30. The first kappa shape index (κ1) is 22.4. The van der Waals surface area contributed by atoms with E-state index in [0.29, 0.717) is 36.1 Å². The predicted molar refractivity (Wildman–Crippen MR) is 122 cm³/mol. The Morgan fingerprint density at radius 2 is 1.39 bits per heavy atom. The van der Waals surface area contributed by atoms with Crippen LogP contribution in [-0.2, 0) is 7.05 Å². The van der Waals surface area contributed by atoms with Gasteiger partial charge in [-0.15, -0.1) is 0 Å². The quantitative estimate of drug-likeness (QED) is 0.489. The Morgan fingerprint density at radius 3 is 1.90 bits per heavy atom. The summed E-state index contributed by atoms with van der Waals surface area (Å²) in [5, 5.41) is 9.83. The van der Waals surface area contributed by atoms with Gasteiger partial charge in [0, 0.05) is 7.05 Å². The fourth-order valence-corrected chi connectivity index (χ4v) is 3.65. The molecule has 0 bridgehead atoms. The highest BCUT2D eigenvalue weighted by Crippen LogP contribution is 2.28. The Balaban J connectivity index is 1.84. The Hall–Kier alpha value is -3.33. The van der Waals surface area contributed by atoms with E-state index < -0.39 is 11.8 Å². The molecule has 3 rings (SSSR count). The Bertz CT molecular complexity index is 1100. The number of aryl methyl sites for hydroxylation is 1. The molecule has 9 heteroatoms. The van der Waals surface area contributed by atoms with Gasteiger partial charge in [-0.2, -0.15) is 5.10 Å². The first-order valence-electron chi connectivity index (χ1n) is 9.75. The van der Waals surface area contributed by atoms with Gasteiger partial charge in [0.15, 0.2) is 5.69 Å². The van der Waals surface area contributed by atoms with E-state index in [1.54, 1.807) is 43.4 Å². The zero-order chi connectivity index (χ0) is 22.4. The Labute approximate surface area is 188 Å². The fraction of sp³-hybridized carbons (Fsp3) is 0.227. The van der Waals surface area contributed by atoms with Crippen molar-refractivity contribution in [1.82, 2.24) is 9.78 Å². The van der Waals surface area contributed by atoms with E-state index >= 15 is 0 Å². The van der Waals surface area contributed by atoms with E-state index in [2.05, 4.69) is 31.7 Å². The molecule has 0 aliphatic heterocycles. The second-order valence-corrected chi connectivity index (χ2v) is 7.19. The van der Waals surface area contributed by atoms with Crippen molar-refractivity contribution in [3.05, 3.63) is 64.4 Å². The summed E-state index contributed by atoms with van der Waals surface area (Å²) in [5.41, 5.74) is 1.33. The van der Waals surface area contributed by atoms with Gasteiger partial charge in [-0.05, 0) is 54.0 Å². The number of amides is 2. The lowest BCUT2D eigenvalue weighted by Crippen LogP contribution is -2.17. The van der Waals surface area contributed by atoms with Gasteiger partial charge < -0.3 is 20.1 Å². The summed E-state index contributed by atoms with van der Waals surface area (Å²) in [6, 6.07) is 14.2. The van der Waals surface area contributed by atoms with Gasteiger partial charge in [0.25, 0.3) is 11.8 Å². The number of aromatic nitrogens is 2. The number of benzene rings is 2. The third-order valence-electron chi connectivity index (χ3n) is 4.29. The van der Waals surface area contributed by atoms with Gasteiger partial charge in [-0.1, -0.05) is 24.3 Å². The average molecular weight is 487 g/mol. The van der Waals surface area contributed by atoms with Gasteiger partial charge in [0.05, 0.1) is 29.1 Å². The molecule has 8 nitrogen and oxygen atoms in total. The van der Waals surface area contributed by atoms with Crippen LogP contribution in [0.25, 0.3) is 0 Å². The van der Waals surface area contributed by atoms with Gasteiger partial charge in [-0.3, -0.25) is 14.3 Å². The molecule has 0 unspecified atom stereocenters. The molecule has 162 valence electrons. The van der Waals surface area contributed by atoms with E-state index in [9.17, 15) is 9.59 Å². The van der Waals surface area contributed by atoms with Crippen LogP contribution in [-0.4, -0.2) is 34.8 Å². The SMILES string of the molecule is CCOc1ccccc1NC(=O)c1nn(C)c(C(=O)Nc2ccccc2OCC)c1Br. The number of anilines is 2. The molecule has 2 N–H and O–H groups in total. The molecule has 1 heterocycles. The minimum Gasteiger partial charge on any atom is -0.492 e. The number of carbonyl (C=O) groups is 2. The number of para-hydroxylation sites is 4. The molecule has 2 amide bonds. The summed E-state index contributed by atoms with van der Waals surface area (Å²) in [5.74, 6) is 0.212. The third kappa shape index (κ3) is 5.05. The van der Waals surface area contributed by atoms with E-state index in [-0.39, 0.29) is 15.9 Å². The number of hydrogen-bond donors (Lipinski definition) is 2. The van der Waals surface area contributed by atoms with Crippen molar-refractivity contribution in [2.45, 2.75) is 13.8 Å². The average Bonchev–Trinajstić information content (AvgIpc) is 3.05. The van der Waals surface area contributed by atoms with Crippen molar-refractivity contribution in [1.29, 1.82) is 0 Å². The van der Waals surface area contributed by atoms with Crippen LogP contribution in [0.3, 0.4) is 0 Å². The van der Waals surface area contributed by atoms with Gasteiger partial charge >= 0.3 is 0 Å². The molecule has 0 saturated heterocycles. The van der Waals surface area contributed by atoms with Crippen LogP contribution in [0.15, 0.2) is 53.0 Å². The molecular weight excluding hydrogens is 464 g/mol. The largest absolute Gasteiger partial charge is 0.492 e. The zero-order valence-corrected chi connectivity index (χ0v) is 19.0. The lowest BCUT2D eigenvalue weighted by molar-refractivity contribution is 0.101. The lowest BCUT2D eigenvalue weighted by Gasteiger charge is -2.11. The van der Waals surface area contributed by atoms with Crippen LogP contribution >= 0.6 is 15.9 Å². The number of ether oxygens (including phenoxy) is 2. The van der Waals surface area contributed by atoms with Gasteiger partial charge in [0.1, 0.15) is 17.2 Å². The first-order chi connectivity index (χ1) is 15.0. The number of carbonyl (C=O) groups excluding carboxylic acids is 2. The number of nitrogens with one attached hydrogen (secondary N) is 2. The summed E-state index contributed by atoms with van der Waals surface area (Å²) in [4.78, 5) is 25.8. The van der Waals surface area contributed by atoms with Crippen LogP contribution in [0.4, 0.5) is 11.4 Å². The van der Waals surface area contributed by atoms with Crippen molar-refractivity contribution in [2.75, 3.05) is 23.8 Å². The van der Waals surface area contributed by atoms with Crippen LogP contribution in [0, 0.1) is 0 Å². The summed E-state index contributed by atoms with van der Waals surface area (Å²) in [7, 11) is 1.60. The Morgan fingerprint density at radius 1 is 0.903 bits per heavy atom. The maximum Gasteiger partial charge on any atom is 0.277 e. The van der Waals surface area contributed by atoms with E-state index in [0.717, 1.165) is 0 Å². The lowest BCUT2D eigenvalue weighted by atomic mass is 10.2. The standard InChI is InChI=1S/C22H23BrN4O4/c1-4-30-16-12-8-6-10-14(16)24-21(28)19-18(23)20(27(3)26-19)22(29)25-15-11-7-9-13-17(15)31-5-2/h6-13H,4-5H2,1-3H3,(H,24,28)(H,25,29). The number of nitrogens with zero attached hydrogens (tertiary/aromatic N) is 2. The predicted octanol–water partition coefficient (Wildman–Crippen LogP) is 4.48. The summed E-state index contributed by atoms with van der Waals surface area (Å²) in [6.07, 6.45) is 0. The van der Waals surface area contributed by atoms with E-state index in [1.807, 2.05) is 26.0 Å². The molecule has 0 aliphatic carbocycles. The molecule has 1 aromatic heterocycles. The normalized spacial score (nSPS) is 10.5. The smallest absolute Gasteiger partial charge is 0.277 e. The molecule has 3 aromatic rings. The minimum atomic E-state index is -0.469.